The summed E-state index contributed by atoms with van der Waals surface area (Å²) in [5.74, 6) is 2.32. The Balaban J connectivity index is 0.00000108. The Labute approximate surface area is 106 Å². The number of hydrogen-bond acceptors (Lipinski definition) is 3. The molecule has 0 radical (unpaired) electrons. The van der Waals surface area contributed by atoms with Crippen LogP contribution in [-0.2, 0) is 6.42 Å². The van der Waals surface area contributed by atoms with Gasteiger partial charge >= 0.3 is 0 Å². The van der Waals surface area contributed by atoms with Gasteiger partial charge in [0.1, 0.15) is 13.6 Å². The Morgan fingerprint density at radius 1 is 1.35 bits per heavy atom. The number of benzene rings is 1. The average Bonchev–Trinajstić information content (AvgIpc) is 2.73. The first-order chi connectivity index (χ1) is 7.79. The minimum absolute atomic E-state index is 0. The number of likely N-dealkylation sites (N-methyl/N-ethyl adjacent to an activating group) is 1. The fourth-order valence-corrected chi connectivity index (χ4v) is 2.21. The predicted octanol–water partition coefficient (Wildman–Crippen LogP) is -1.95. The third-order valence-electron chi connectivity index (χ3n) is 3.03. The van der Waals surface area contributed by atoms with Crippen molar-refractivity contribution in [2.75, 3.05) is 27.5 Å². The molecule has 0 aromatic heterocycles. The Kier molecular flexibility index (Phi) is 3.15. The van der Waals surface area contributed by atoms with E-state index < -0.39 is 0 Å². The highest BCUT2D eigenvalue weighted by molar-refractivity contribution is 5.86. The molecule has 5 heteroatoms. The maximum atomic E-state index is 5.44. The molecule has 1 aromatic carbocycles. The lowest BCUT2D eigenvalue weighted by atomic mass is 10.0. The number of halogens is 1. The molecular weight excluding hydrogens is 242 g/mol. The van der Waals surface area contributed by atoms with Gasteiger partial charge in [-0.25, -0.2) is 4.58 Å². The predicted molar refractivity (Wildman–Crippen MR) is 59.0 cm³/mol. The van der Waals surface area contributed by atoms with E-state index in [1.165, 1.54) is 5.56 Å². The highest BCUT2D eigenvalue weighted by Gasteiger charge is 2.27. The van der Waals surface area contributed by atoms with E-state index in [2.05, 4.69) is 23.9 Å². The van der Waals surface area contributed by atoms with Gasteiger partial charge in [-0.3, -0.25) is 0 Å². The molecule has 0 saturated carbocycles. The van der Waals surface area contributed by atoms with Gasteiger partial charge < -0.3 is 26.6 Å². The molecule has 92 valence electrons. The van der Waals surface area contributed by atoms with Crippen LogP contribution in [0.4, 0.5) is 0 Å². The molecule has 4 nitrogen and oxygen atoms in total. The molecule has 0 saturated heterocycles. The first kappa shape index (κ1) is 12.0. The molecule has 0 fully saturated rings. The molecule has 2 heterocycles. The van der Waals surface area contributed by atoms with Crippen molar-refractivity contribution in [3.63, 3.8) is 0 Å². The molecule has 0 aliphatic carbocycles. The number of fused-ring (bicyclic) bond motifs is 2. The van der Waals surface area contributed by atoms with Crippen LogP contribution in [0.2, 0.25) is 0 Å². The van der Waals surface area contributed by atoms with E-state index in [1.807, 2.05) is 0 Å². The summed E-state index contributed by atoms with van der Waals surface area (Å²) in [7, 11) is 3.73. The van der Waals surface area contributed by atoms with Gasteiger partial charge in [0.2, 0.25) is 12.5 Å². The van der Waals surface area contributed by atoms with Gasteiger partial charge in [-0.1, -0.05) is 0 Å². The second kappa shape index (κ2) is 4.45. The van der Waals surface area contributed by atoms with Gasteiger partial charge in [-0.2, -0.15) is 0 Å². The maximum Gasteiger partial charge on any atom is 0.231 e. The number of methoxy groups -OCH3 is 1. The molecule has 0 atom stereocenters. The van der Waals surface area contributed by atoms with Crippen LogP contribution in [-0.4, -0.2) is 38.3 Å². The first-order valence-corrected chi connectivity index (χ1v) is 5.34. The minimum Gasteiger partial charge on any atom is -1.00 e. The fraction of sp³-hybridized carbons (Fsp3) is 0.417. The van der Waals surface area contributed by atoms with Gasteiger partial charge in [-0.15, -0.1) is 0 Å². The molecule has 0 N–H and O–H groups in total. The lowest BCUT2D eigenvalue weighted by molar-refractivity contribution is -0.493. The third kappa shape index (κ3) is 1.82. The summed E-state index contributed by atoms with van der Waals surface area (Å²) in [5, 5.41) is 0. The Morgan fingerprint density at radius 3 is 2.94 bits per heavy atom. The van der Waals surface area contributed by atoms with E-state index in [1.54, 1.807) is 7.11 Å². The van der Waals surface area contributed by atoms with Crippen LogP contribution >= 0.6 is 0 Å². The van der Waals surface area contributed by atoms with Gasteiger partial charge in [0.15, 0.2) is 17.7 Å². The van der Waals surface area contributed by atoms with E-state index >= 15 is 0 Å². The largest absolute Gasteiger partial charge is 1.00 e. The Bertz CT molecular complexity index is 485. The zero-order valence-corrected chi connectivity index (χ0v) is 10.6. The summed E-state index contributed by atoms with van der Waals surface area (Å²) in [4.78, 5) is 0. The van der Waals surface area contributed by atoms with E-state index in [0.29, 0.717) is 0 Å². The molecule has 2 aliphatic rings. The second-order valence-corrected chi connectivity index (χ2v) is 4.08. The van der Waals surface area contributed by atoms with Gasteiger partial charge in [-0.05, 0) is 11.6 Å². The van der Waals surface area contributed by atoms with Crippen molar-refractivity contribution in [3.8, 4) is 17.2 Å². The second-order valence-electron chi connectivity index (χ2n) is 4.08. The molecule has 0 unspecified atom stereocenters. The fourth-order valence-electron chi connectivity index (χ4n) is 2.21. The van der Waals surface area contributed by atoms with E-state index in [9.17, 15) is 0 Å². The van der Waals surface area contributed by atoms with Gasteiger partial charge in [0.25, 0.3) is 0 Å². The van der Waals surface area contributed by atoms with E-state index in [4.69, 9.17) is 14.2 Å². The molecule has 0 spiro atoms. The van der Waals surface area contributed by atoms with Crippen molar-refractivity contribution < 1.29 is 31.2 Å². The molecule has 3 rings (SSSR count). The monoisotopic (exact) mass is 255 g/mol. The quantitative estimate of drug-likeness (QED) is 0.547. The van der Waals surface area contributed by atoms with Crippen molar-refractivity contribution in [3.05, 3.63) is 17.2 Å². The summed E-state index contributed by atoms with van der Waals surface area (Å²) < 4.78 is 18.4. The number of nitrogens with zero attached hydrogens (tertiary/aromatic N) is 1. The van der Waals surface area contributed by atoms with E-state index in [0.717, 1.165) is 35.8 Å². The van der Waals surface area contributed by atoms with Crippen molar-refractivity contribution in [1.29, 1.82) is 0 Å². The summed E-state index contributed by atoms with van der Waals surface area (Å²) in [6.45, 7) is 1.31. The normalized spacial score (nSPS) is 15.8. The van der Waals surface area contributed by atoms with Crippen molar-refractivity contribution in [2.45, 2.75) is 6.42 Å². The summed E-state index contributed by atoms with van der Waals surface area (Å²) >= 11 is 0. The highest BCUT2D eigenvalue weighted by Crippen LogP contribution is 2.44. The molecule has 0 bridgehead atoms. The van der Waals surface area contributed by atoms with Crippen LogP contribution in [0.3, 0.4) is 0 Å². The summed E-state index contributed by atoms with van der Waals surface area (Å²) in [5.41, 5.74) is 2.37. The summed E-state index contributed by atoms with van der Waals surface area (Å²) in [6, 6.07) is 2.06. The molecular formula is C12H14ClNO3. The van der Waals surface area contributed by atoms with Crippen LogP contribution in [0.5, 0.6) is 17.2 Å². The van der Waals surface area contributed by atoms with Crippen LogP contribution < -0.4 is 26.6 Å². The van der Waals surface area contributed by atoms with Crippen LogP contribution in [0.1, 0.15) is 11.1 Å². The lowest BCUT2D eigenvalue weighted by Gasteiger charge is -2.15. The van der Waals surface area contributed by atoms with Crippen LogP contribution in [0, 0.1) is 0 Å². The zero-order valence-electron chi connectivity index (χ0n) is 9.83. The third-order valence-corrected chi connectivity index (χ3v) is 3.03. The molecule has 0 amide bonds. The number of ether oxygens (including phenoxy) is 3. The Morgan fingerprint density at radius 2 is 2.18 bits per heavy atom. The maximum absolute atomic E-state index is 5.44. The molecule has 17 heavy (non-hydrogen) atoms. The first-order valence-electron chi connectivity index (χ1n) is 5.34. The SMILES string of the molecule is COc1c2c(cc3c1OCO3)CC[N+](C)=C2.[Cl-]. The topological polar surface area (TPSA) is 30.7 Å². The Hall–Kier alpha value is -1.42. The molecule has 2 aliphatic heterocycles. The smallest absolute Gasteiger partial charge is 0.231 e. The van der Waals surface area contributed by atoms with Crippen molar-refractivity contribution >= 4 is 6.21 Å². The number of rotatable bonds is 1. The standard InChI is InChI=1S/C12H14NO3.ClH/c1-13-4-3-8-5-10-12(16-7-15-10)11(14-2)9(8)6-13;/h5-6H,3-4,7H2,1-2H3;1H/q+1;/p-1. The lowest BCUT2D eigenvalue weighted by Crippen LogP contribution is -3.00. The summed E-state index contributed by atoms with van der Waals surface area (Å²) in [6.07, 6.45) is 3.11. The van der Waals surface area contributed by atoms with E-state index in [-0.39, 0.29) is 19.2 Å². The van der Waals surface area contributed by atoms with Gasteiger partial charge in [0, 0.05) is 6.42 Å². The molecule has 1 aromatic rings. The van der Waals surface area contributed by atoms with Crippen LogP contribution in [0.15, 0.2) is 6.07 Å². The van der Waals surface area contributed by atoms with Crippen LogP contribution in [0.25, 0.3) is 0 Å². The average molecular weight is 256 g/mol. The highest BCUT2D eigenvalue weighted by atomic mass is 35.5. The zero-order chi connectivity index (χ0) is 11.1. The number of hydrogen-bond donors (Lipinski definition) is 0. The van der Waals surface area contributed by atoms with Crippen molar-refractivity contribution in [2.24, 2.45) is 0 Å². The van der Waals surface area contributed by atoms with Crippen molar-refractivity contribution in [1.82, 2.24) is 0 Å². The van der Waals surface area contributed by atoms with Gasteiger partial charge in [0.05, 0.1) is 12.7 Å². The minimum atomic E-state index is 0.